The third-order valence-corrected chi connectivity index (χ3v) is 8.31. The van der Waals surface area contributed by atoms with Gasteiger partial charge in [0, 0.05) is 17.0 Å². The Bertz CT molecular complexity index is 838. The second-order valence-electron chi connectivity index (χ2n) is 9.96. The molecule has 0 aromatic heterocycles. The van der Waals surface area contributed by atoms with Crippen LogP contribution < -0.4 is 5.73 Å². The minimum atomic E-state index is -0.533. The number of nitrogens with zero attached hydrogens (tertiary/aromatic N) is 2. The summed E-state index contributed by atoms with van der Waals surface area (Å²) in [7, 11) is 0. The van der Waals surface area contributed by atoms with Gasteiger partial charge >= 0.3 is 0 Å². The smallest absolute Gasteiger partial charge is 0.258 e. The number of primary amides is 1. The average molecular weight is 402 g/mol. The van der Waals surface area contributed by atoms with Crippen molar-refractivity contribution in [3.05, 3.63) is 34.9 Å². The normalized spacial score (nSPS) is 38.5. The van der Waals surface area contributed by atoms with Crippen molar-refractivity contribution >= 4 is 23.4 Å². The Morgan fingerprint density at radius 2 is 1.82 bits per heavy atom. The molecule has 2 N–H and O–H groups in total. The maximum absolute atomic E-state index is 13.2. The Labute approximate surface area is 171 Å². The molecule has 5 aliphatic rings. The number of halogens is 1. The maximum atomic E-state index is 13.2. The topological polar surface area (TPSA) is 66.6 Å². The Morgan fingerprint density at radius 1 is 1.18 bits per heavy atom. The van der Waals surface area contributed by atoms with Crippen molar-refractivity contribution < 1.29 is 9.59 Å². The van der Waals surface area contributed by atoms with Crippen LogP contribution in [-0.4, -0.2) is 33.4 Å². The first kappa shape index (κ1) is 18.4. The molecule has 1 aromatic carbocycles. The number of amides is 2. The zero-order valence-electron chi connectivity index (χ0n) is 16.5. The molecule has 0 spiro atoms. The van der Waals surface area contributed by atoms with E-state index in [-0.39, 0.29) is 23.3 Å². The van der Waals surface area contributed by atoms with Crippen molar-refractivity contribution in [3.63, 3.8) is 0 Å². The number of hydrogen-bond acceptors (Lipinski definition) is 3. The van der Waals surface area contributed by atoms with E-state index >= 15 is 0 Å². The fraction of sp³-hybridized carbons (Fsp3) is 0.636. The standard InChI is InChI=1S/C22H28ClN3O2/c1-21(2)20(28)26(25(21)12-14-5-3-4-6-17(14)23)18-15-7-13-8-16(18)11-22(9-13,10-15)19(24)27/h3-6,13,15-16,18H,7-12H2,1-2H3,(H2,24,27). The number of benzene rings is 1. The first-order chi connectivity index (χ1) is 13.2. The maximum Gasteiger partial charge on any atom is 0.258 e. The van der Waals surface area contributed by atoms with Gasteiger partial charge in [0.2, 0.25) is 5.91 Å². The van der Waals surface area contributed by atoms with Gasteiger partial charge in [0.15, 0.2) is 0 Å². The summed E-state index contributed by atoms with van der Waals surface area (Å²) in [5.41, 5.74) is 6.00. The fourth-order valence-corrected chi connectivity index (χ4v) is 6.98. The van der Waals surface area contributed by atoms with Gasteiger partial charge in [-0.1, -0.05) is 29.8 Å². The van der Waals surface area contributed by atoms with Crippen LogP contribution in [0.5, 0.6) is 0 Å². The lowest BCUT2D eigenvalue weighted by Gasteiger charge is -2.67. The molecule has 28 heavy (non-hydrogen) atoms. The average Bonchev–Trinajstić information content (AvgIpc) is 2.63. The van der Waals surface area contributed by atoms with Crippen LogP contribution in [0.1, 0.15) is 51.5 Å². The molecule has 2 atom stereocenters. The number of hydrogen-bond donors (Lipinski definition) is 1. The lowest BCUT2D eigenvalue weighted by atomic mass is 9.47. The SMILES string of the molecule is CC1(C)C(=O)N(C2C3CC4CC2CC(C(N)=O)(C4)C3)N1Cc1ccccc1Cl. The van der Waals surface area contributed by atoms with Crippen LogP contribution in [0.25, 0.3) is 0 Å². The molecular formula is C22H28ClN3O2. The third-order valence-electron chi connectivity index (χ3n) is 7.94. The summed E-state index contributed by atoms with van der Waals surface area (Å²) in [6, 6.07) is 8.02. The second-order valence-corrected chi connectivity index (χ2v) is 10.4. The Balaban J connectivity index is 1.45. The van der Waals surface area contributed by atoms with Crippen molar-refractivity contribution in [2.75, 3.05) is 0 Å². The highest BCUT2D eigenvalue weighted by molar-refractivity contribution is 6.31. The molecule has 2 amide bonds. The number of carbonyl (C=O) groups excluding carboxylic acids is 2. The van der Waals surface area contributed by atoms with E-state index in [4.69, 9.17) is 17.3 Å². The molecule has 6 heteroatoms. The summed E-state index contributed by atoms with van der Waals surface area (Å²) in [4.78, 5) is 25.4. The molecule has 1 aromatic rings. The van der Waals surface area contributed by atoms with Crippen LogP contribution in [0.3, 0.4) is 0 Å². The molecule has 6 rings (SSSR count). The largest absolute Gasteiger partial charge is 0.369 e. The lowest BCUT2D eigenvalue weighted by molar-refractivity contribution is -0.255. The predicted molar refractivity (Wildman–Crippen MR) is 107 cm³/mol. The lowest BCUT2D eigenvalue weighted by Crippen LogP contribution is -2.79. The van der Waals surface area contributed by atoms with Gasteiger partial charge in [-0.15, -0.1) is 0 Å². The van der Waals surface area contributed by atoms with Crippen molar-refractivity contribution in [3.8, 4) is 0 Å². The van der Waals surface area contributed by atoms with Crippen molar-refractivity contribution in [2.24, 2.45) is 28.9 Å². The monoisotopic (exact) mass is 401 g/mol. The van der Waals surface area contributed by atoms with E-state index in [1.807, 2.05) is 43.1 Å². The Kier molecular flexibility index (Phi) is 3.92. The summed E-state index contributed by atoms with van der Waals surface area (Å²) < 4.78 is 0. The van der Waals surface area contributed by atoms with E-state index in [2.05, 4.69) is 5.01 Å². The molecule has 4 saturated carbocycles. The van der Waals surface area contributed by atoms with E-state index in [1.54, 1.807) is 0 Å². The number of nitrogens with two attached hydrogens (primary N) is 1. The molecule has 150 valence electrons. The van der Waals surface area contributed by atoms with Gasteiger partial charge in [-0.3, -0.25) is 14.6 Å². The highest BCUT2D eigenvalue weighted by Crippen LogP contribution is 2.62. The molecular weight excluding hydrogens is 374 g/mol. The van der Waals surface area contributed by atoms with Gasteiger partial charge in [0.05, 0.1) is 6.04 Å². The van der Waals surface area contributed by atoms with Crippen LogP contribution in [0, 0.1) is 23.2 Å². The third kappa shape index (κ3) is 2.42. The van der Waals surface area contributed by atoms with Crippen LogP contribution >= 0.6 is 11.6 Å². The van der Waals surface area contributed by atoms with E-state index in [0.29, 0.717) is 24.3 Å². The van der Waals surface area contributed by atoms with Gasteiger partial charge in [-0.05, 0) is 75.3 Å². The molecule has 4 aliphatic carbocycles. The molecule has 5 fully saturated rings. The predicted octanol–water partition coefficient (Wildman–Crippen LogP) is 3.36. The minimum absolute atomic E-state index is 0.131. The quantitative estimate of drug-likeness (QED) is 0.841. The zero-order valence-corrected chi connectivity index (χ0v) is 17.3. The van der Waals surface area contributed by atoms with Gasteiger partial charge in [0.1, 0.15) is 5.54 Å². The summed E-state index contributed by atoms with van der Waals surface area (Å²) in [5.74, 6) is 1.38. The number of carbonyl (C=O) groups is 2. The summed E-state index contributed by atoms with van der Waals surface area (Å²) in [6.07, 6.45) is 4.85. The highest BCUT2D eigenvalue weighted by atomic mass is 35.5. The number of hydrazine groups is 1. The second kappa shape index (κ2) is 5.96. The Hall–Kier alpha value is -1.59. The summed E-state index contributed by atoms with van der Waals surface area (Å²) in [5, 5.41) is 4.95. The molecule has 5 nitrogen and oxygen atoms in total. The molecule has 1 aliphatic heterocycles. The van der Waals surface area contributed by atoms with Crippen LogP contribution in [0.15, 0.2) is 24.3 Å². The Morgan fingerprint density at radius 3 is 2.43 bits per heavy atom. The fourth-order valence-electron chi connectivity index (χ4n) is 6.78. The highest BCUT2D eigenvalue weighted by Gasteiger charge is 2.64. The molecule has 4 bridgehead atoms. The van der Waals surface area contributed by atoms with E-state index in [1.165, 1.54) is 0 Å². The molecule has 1 saturated heterocycles. The van der Waals surface area contributed by atoms with E-state index in [0.717, 1.165) is 42.7 Å². The van der Waals surface area contributed by atoms with Crippen molar-refractivity contribution in [1.82, 2.24) is 10.0 Å². The van der Waals surface area contributed by atoms with Crippen molar-refractivity contribution in [1.29, 1.82) is 0 Å². The van der Waals surface area contributed by atoms with Crippen molar-refractivity contribution in [2.45, 2.75) is 64.1 Å². The summed E-state index contributed by atoms with van der Waals surface area (Å²) >= 11 is 6.40. The van der Waals surface area contributed by atoms with E-state index < -0.39 is 5.54 Å². The minimum Gasteiger partial charge on any atom is -0.369 e. The number of rotatable bonds is 4. The van der Waals surface area contributed by atoms with Crippen LogP contribution in [0.4, 0.5) is 0 Å². The van der Waals surface area contributed by atoms with Gasteiger partial charge in [0.25, 0.3) is 5.91 Å². The van der Waals surface area contributed by atoms with Crippen LogP contribution in [0.2, 0.25) is 5.02 Å². The molecule has 0 radical (unpaired) electrons. The van der Waals surface area contributed by atoms with Gasteiger partial charge in [-0.2, -0.15) is 5.01 Å². The van der Waals surface area contributed by atoms with Gasteiger partial charge < -0.3 is 5.73 Å². The van der Waals surface area contributed by atoms with E-state index in [9.17, 15) is 9.59 Å². The molecule has 2 unspecified atom stereocenters. The first-order valence-corrected chi connectivity index (χ1v) is 10.8. The first-order valence-electron chi connectivity index (χ1n) is 10.4. The van der Waals surface area contributed by atoms with Gasteiger partial charge in [-0.25, -0.2) is 0 Å². The van der Waals surface area contributed by atoms with Crippen LogP contribution in [-0.2, 0) is 16.1 Å². The zero-order chi connectivity index (χ0) is 19.8. The molecule has 1 heterocycles. The summed E-state index contributed by atoms with van der Waals surface area (Å²) in [6.45, 7) is 4.60.